The van der Waals surface area contributed by atoms with Crippen LogP contribution in [0.4, 0.5) is 11.4 Å². The molecule has 0 aromatic heterocycles. The molecule has 0 aliphatic carbocycles. The lowest BCUT2D eigenvalue weighted by Gasteiger charge is -2.07. The third-order valence-electron chi connectivity index (χ3n) is 1.80. The Morgan fingerprint density at radius 3 is 3.00 bits per heavy atom. The summed E-state index contributed by atoms with van der Waals surface area (Å²) < 4.78 is 0.842. The van der Waals surface area contributed by atoms with E-state index in [9.17, 15) is 4.79 Å². The Labute approximate surface area is 102 Å². The van der Waals surface area contributed by atoms with E-state index in [0.29, 0.717) is 12.1 Å². The lowest BCUT2D eigenvalue weighted by Crippen LogP contribution is -2.12. The van der Waals surface area contributed by atoms with E-state index in [1.54, 1.807) is 23.9 Å². The standard InChI is InChI=1S/C10H13BrN2OS/c1-15-5-4-10(14)13-9-6-7(12)2-3-8(9)11/h2-3,6H,4-5,12H2,1H3,(H,13,14). The van der Waals surface area contributed by atoms with Crippen molar-refractivity contribution < 1.29 is 4.79 Å². The van der Waals surface area contributed by atoms with Crippen molar-refractivity contribution in [1.29, 1.82) is 0 Å². The van der Waals surface area contributed by atoms with Crippen molar-refractivity contribution in [3.63, 3.8) is 0 Å². The van der Waals surface area contributed by atoms with E-state index in [0.717, 1.165) is 15.9 Å². The van der Waals surface area contributed by atoms with E-state index in [1.807, 2.05) is 12.3 Å². The molecule has 1 rings (SSSR count). The second kappa shape index (κ2) is 6.02. The molecule has 0 atom stereocenters. The topological polar surface area (TPSA) is 55.1 Å². The first-order valence-corrected chi connectivity index (χ1v) is 6.66. The third-order valence-corrected chi connectivity index (χ3v) is 3.10. The quantitative estimate of drug-likeness (QED) is 0.838. The summed E-state index contributed by atoms with van der Waals surface area (Å²) in [5.41, 5.74) is 6.99. The van der Waals surface area contributed by atoms with Gasteiger partial charge in [0, 0.05) is 22.3 Å². The van der Waals surface area contributed by atoms with Crippen molar-refractivity contribution in [2.24, 2.45) is 0 Å². The van der Waals surface area contributed by atoms with Crippen LogP contribution >= 0.6 is 27.7 Å². The molecular formula is C10H13BrN2OS. The minimum atomic E-state index is 0.00986. The Morgan fingerprint density at radius 1 is 1.60 bits per heavy atom. The zero-order valence-electron chi connectivity index (χ0n) is 8.42. The van der Waals surface area contributed by atoms with Crippen molar-refractivity contribution in [3.05, 3.63) is 22.7 Å². The van der Waals surface area contributed by atoms with Crippen LogP contribution in [0, 0.1) is 0 Å². The van der Waals surface area contributed by atoms with Crippen LogP contribution in [0.25, 0.3) is 0 Å². The highest BCUT2D eigenvalue weighted by molar-refractivity contribution is 9.10. The molecule has 0 radical (unpaired) electrons. The number of thioether (sulfide) groups is 1. The highest BCUT2D eigenvalue weighted by Crippen LogP contribution is 2.24. The summed E-state index contributed by atoms with van der Waals surface area (Å²) >= 11 is 5.00. The number of nitrogen functional groups attached to an aromatic ring is 1. The van der Waals surface area contributed by atoms with Crippen LogP contribution in [0.1, 0.15) is 6.42 Å². The molecule has 15 heavy (non-hydrogen) atoms. The first-order chi connectivity index (χ1) is 7.13. The number of hydrogen-bond donors (Lipinski definition) is 2. The molecule has 3 N–H and O–H groups in total. The number of halogens is 1. The van der Waals surface area contributed by atoms with Gasteiger partial charge in [0.25, 0.3) is 0 Å². The Hall–Kier alpha value is -0.680. The van der Waals surface area contributed by atoms with E-state index in [-0.39, 0.29) is 5.91 Å². The Kier molecular flexibility index (Phi) is 4.98. The largest absolute Gasteiger partial charge is 0.399 e. The Bertz CT molecular complexity index is 357. The van der Waals surface area contributed by atoms with E-state index in [4.69, 9.17) is 5.73 Å². The number of hydrogen-bond acceptors (Lipinski definition) is 3. The van der Waals surface area contributed by atoms with Crippen LogP contribution in [0.3, 0.4) is 0 Å². The molecule has 3 nitrogen and oxygen atoms in total. The van der Waals surface area contributed by atoms with E-state index in [1.165, 1.54) is 0 Å². The molecule has 0 aliphatic heterocycles. The van der Waals surface area contributed by atoms with E-state index < -0.39 is 0 Å². The summed E-state index contributed by atoms with van der Waals surface area (Å²) in [6, 6.07) is 5.34. The van der Waals surface area contributed by atoms with Gasteiger partial charge in [-0.15, -0.1) is 0 Å². The molecule has 0 unspecified atom stereocenters. The van der Waals surface area contributed by atoms with Crippen LogP contribution in [-0.2, 0) is 4.79 Å². The number of carbonyl (C=O) groups excluding carboxylic acids is 1. The fraction of sp³-hybridized carbons (Fsp3) is 0.300. The molecule has 0 saturated heterocycles. The van der Waals surface area contributed by atoms with Crippen molar-refractivity contribution in [1.82, 2.24) is 0 Å². The molecule has 0 saturated carbocycles. The second-order valence-electron chi connectivity index (χ2n) is 3.03. The molecule has 1 aromatic carbocycles. The normalized spacial score (nSPS) is 10.0. The van der Waals surface area contributed by atoms with Gasteiger partial charge in [-0.05, 0) is 40.4 Å². The Balaban J connectivity index is 2.63. The zero-order valence-corrected chi connectivity index (χ0v) is 10.8. The summed E-state index contributed by atoms with van der Waals surface area (Å²) in [5.74, 6) is 0.835. The van der Waals surface area contributed by atoms with Crippen LogP contribution in [0.2, 0.25) is 0 Å². The van der Waals surface area contributed by atoms with Crippen molar-refractivity contribution in [2.45, 2.75) is 6.42 Å². The van der Waals surface area contributed by atoms with Crippen LogP contribution in [0.5, 0.6) is 0 Å². The monoisotopic (exact) mass is 288 g/mol. The smallest absolute Gasteiger partial charge is 0.225 e. The van der Waals surface area contributed by atoms with Crippen molar-refractivity contribution >= 4 is 45.0 Å². The SMILES string of the molecule is CSCCC(=O)Nc1cc(N)ccc1Br. The summed E-state index contributed by atoms with van der Waals surface area (Å²) in [6.07, 6.45) is 2.49. The molecule has 1 aromatic rings. The van der Waals surface area contributed by atoms with Crippen LogP contribution in [0.15, 0.2) is 22.7 Å². The fourth-order valence-corrected chi connectivity index (χ4v) is 1.78. The number of benzene rings is 1. The second-order valence-corrected chi connectivity index (χ2v) is 4.87. The highest BCUT2D eigenvalue weighted by atomic mass is 79.9. The summed E-state index contributed by atoms with van der Waals surface area (Å²) in [7, 11) is 0. The van der Waals surface area contributed by atoms with Crippen molar-refractivity contribution in [2.75, 3.05) is 23.1 Å². The average Bonchev–Trinajstić information content (AvgIpc) is 2.20. The van der Waals surface area contributed by atoms with E-state index in [2.05, 4.69) is 21.2 Å². The summed E-state index contributed by atoms with van der Waals surface area (Å²) in [5, 5.41) is 2.81. The molecule has 0 spiro atoms. The fourth-order valence-electron chi connectivity index (χ4n) is 1.05. The molecule has 0 heterocycles. The molecule has 0 fully saturated rings. The first-order valence-electron chi connectivity index (χ1n) is 4.47. The number of anilines is 2. The maximum absolute atomic E-state index is 11.4. The van der Waals surface area contributed by atoms with Gasteiger partial charge in [-0.3, -0.25) is 4.79 Å². The third kappa shape index (κ3) is 4.13. The van der Waals surface area contributed by atoms with Gasteiger partial charge in [0.2, 0.25) is 5.91 Å². The van der Waals surface area contributed by atoms with Crippen LogP contribution in [-0.4, -0.2) is 17.9 Å². The molecule has 0 bridgehead atoms. The predicted molar refractivity (Wildman–Crippen MR) is 70.2 cm³/mol. The van der Waals surface area contributed by atoms with Gasteiger partial charge >= 0.3 is 0 Å². The van der Waals surface area contributed by atoms with Gasteiger partial charge in [-0.1, -0.05) is 0 Å². The molecule has 5 heteroatoms. The van der Waals surface area contributed by atoms with Gasteiger partial charge in [-0.2, -0.15) is 11.8 Å². The molecular weight excluding hydrogens is 276 g/mol. The molecule has 0 aliphatic rings. The number of nitrogens with two attached hydrogens (primary N) is 1. The molecule has 82 valence electrons. The average molecular weight is 289 g/mol. The first kappa shape index (κ1) is 12.4. The van der Waals surface area contributed by atoms with E-state index >= 15 is 0 Å². The maximum atomic E-state index is 11.4. The van der Waals surface area contributed by atoms with Gasteiger partial charge in [0.1, 0.15) is 0 Å². The summed E-state index contributed by atoms with van der Waals surface area (Å²) in [6.45, 7) is 0. The van der Waals surface area contributed by atoms with Gasteiger partial charge in [0.05, 0.1) is 5.69 Å². The Morgan fingerprint density at radius 2 is 2.33 bits per heavy atom. The molecule has 1 amide bonds. The van der Waals surface area contributed by atoms with Crippen LogP contribution < -0.4 is 11.1 Å². The number of rotatable bonds is 4. The lowest BCUT2D eigenvalue weighted by atomic mass is 10.3. The van der Waals surface area contributed by atoms with Gasteiger partial charge in [-0.25, -0.2) is 0 Å². The van der Waals surface area contributed by atoms with Gasteiger partial charge in [0.15, 0.2) is 0 Å². The predicted octanol–water partition coefficient (Wildman–Crippen LogP) is 2.72. The number of carbonyl (C=O) groups is 1. The lowest BCUT2D eigenvalue weighted by molar-refractivity contribution is -0.115. The number of nitrogens with one attached hydrogen (secondary N) is 1. The highest BCUT2D eigenvalue weighted by Gasteiger charge is 2.05. The minimum Gasteiger partial charge on any atom is -0.399 e. The van der Waals surface area contributed by atoms with Crippen molar-refractivity contribution in [3.8, 4) is 0 Å². The van der Waals surface area contributed by atoms with Gasteiger partial charge < -0.3 is 11.1 Å². The summed E-state index contributed by atoms with van der Waals surface area (Å²) in [4.78, 5) is 11.4. The maximum Gasteiger partial charge on any atom is 0.225 e. The number of amides is 1. The minimum absolute atomic E-state index is 0.00986. The zero-order chi connectivity index (χ0) is 11.3.